The summed E-state index contributed by atoms with van der Waals surface area (Å²) in [6.45, 7) is 1.48. The number of thioether (sulfide) groups is 1. The average molecular weight is 360 g/mol. The Balaban J connectivity index is 1.61. The van der Waals surface area contributed by atoms with Crippen LogP contribution in [0.1, 0.15) is 12.8 Å². The van der Waals surface area contributed by atoms with Crippen molar-refractivity contribution in [3.05, 3.63) is 59.4 Å². The number of rotatable bonds is 5. The minimum absolute atomic E-state index is 0.0870. The predicted molar refractivity (Wildman–Crippen MR) is 95.1 cm³/mol. The van der Waals surface area contributed by atoms with Crippen molar-refractivity contribution < 1.29 is 9.32 Å². The first-order chi connectivity index (χ1) is 11.6. The van der Waals surface area contributed by atoms with Gasteiger partial charge >= 0.3 is 0 Å². The van der Waals surface area contributed by atoms with E-state index in [1.807, 2.05) is 36.4 Å². The smallest absolute Gasteiger partial charge is 0.237 e. The number of hydrogen-bond donors (Lipinski definition) is 1. The number of nitrogens with one attached hydrogen (secondary N) is 1. The molecule has 5 nitrogen and oxygen atoms in total. The zero-order valence-electron chi connectivity index (χ0n) is 12.8. The topological polar surface area (TPSA) is 68.0 Å². The van der Waals surface area contributed by atoms with E-state index in [1.165, 1.54) is 6.92 Å². The zero-order valence-corrected chi connectivity index (χ0v) is 14.4. The van der Waals surface area contributed by atoms with Crippen molar-refractivity contribution in [3.8, 4) is 11.4 Å². The van der Waals surface area contributed by atoms with Gasteiger partial charge in [-0.1, -0.05) is 16.8 Å². The summed E-state index contributed by atoms with van der Waals surface area (Å²) in [7, 11) is 0. The maximum absolute atomic E-state index is 11.0. The van der Waals surface area contributed by atoms with E-state index in [0.717, 1.165) is 16.1 Å². The molecule has 1 N–H and O–H groups in total. The maximum atomic E-state index is 11.0. The van der Waals surface area contributed by atoms with E-state index >= 15 is 0 Å². The molecule has 0 aliphatic heterocycles. The summed E-state index contributed by atoms with van der Waals surface area (Å²) in [5.74, 6) is 1.58. The molecule has 0 bridgehead atoms. The van der Waals surface area contributed by atoms with Crippen LogP contribution < -0.4 is 5.32 Å². The monoisotopic (exact) mass is 359 g/mol. The first-order valence-corrected chi connectivity index (χ1v) is 8.55. The second-order valence-electron chi connectivity index (χ2n) is 5.01. The van der Waals surface area contributed by atoms with Gasteiger partial charge < -0.3 is 9.84 Å². The highest BCUT2D eigenvalue weighted by Gasteiger charge is 2.09. The molecule has 0 spiro atoms. The molecule has 0 aliphatic rings. The minimum Gasteiger partial charge on any atom is -0.338 e. The van der Waals surface area contributed by atoms with Crippen molar-refractivity contribution in [1.29, 1.82) is 0 Å². The molecule has 0 unspecified atom stereocenters. The fourth-order valence-electron chi connectivity index (χ4n) is 2.01. The Bertz CT molecular complexity index is 832. The molecule has 2 aromatic carbocycles. The van der Waals surface area contributed by atoms with Crippen LogP contribution in [0.4, 0.5) is 5.69 Å². The van der Waals surface area contributed by atoms with Crippen LogP contribution in [0.3, 0.4) is 0 Å². The summed E-state index contributed by atoms with van der Waals surface area (Å²) >= 11 is 7.45. The van der Waals surface area contributed by atoms with Gasteiger partial charge in [-0.05, 0) is 48.5 Å². The summed E-state index contributed by atoms with van der Waals surface area (Å²) in [5.41, 5.74) is 1.63. The molecule has 1 heterocycles. The number of nitrogens with zero attached hydrogens (tertiary/aromatic N) is 2. The maximum Gasteiger partial charge on any atom is 0.237 e. The van der Waals surface area contributed by atoms with Gasteiger partial charge in [0.25, 0.3) is 0 Å². The molecular formula is C17H14ClN3O2S. The lowest BCUT2D eigenvalue weighted by molar-refractivity contribution is -0.114. The molecule has 7 heteroatoms. The summed E-state index contributed by atoms with van der Waals surface area (Å²) in [5, 5.41) is 7.39. The van der Waals surface area contributed by atoms with Crippen LogP contribution in [0.2, 0.25) is 5.02 Å². The third-order valence-corrected chi connectivity index (χ3v) is 4.36. The number of carbonyl (C=O) groups is 1. The number of anilines is 1. The van der Waals surface area contributed by atoms with Gasteiger partial charge in [-0.25, -0.2) is 0 Å². The van der Waals surface area contributed by atoms with Crippen molar-refractivity contribution in [2.45, 2.75) is 17.6 Å². The van der Waals surface area contributed by atoms with Gasteiger partial charge in [0.05, 0.1) is 5.75 Å². The van der Waals surface area contributed by atoms with E-state index in [0.29, 0.717) is 22.5 Å². The van der Waals surface area contributed by atoms with E-state index < -0.39 is 0 Å². The lowest BCUT2D eigenvalue weighted by atomic mass is 10.2. The Labute approximate surface area is 148 Å². The lowest BCUT2D eigenvalue weighted by Gasteiger charge is -2.03. The minimum atomic E-state index is -0.0870. The fourth-order valence-corrected chi connectivity index (χ4v) is 2.87. The van der Waals surface area contributed by atoms with Crippen LogP contribution in [0.5, 0.6) is 0 Å². The normalized spacial score (nSPS) is 10.6. The third-order valence-electron chi connectivity index (χ3n) is 3.11. The fraction of sp³-hybridized carbons (Fsp3) is 0.118. The second-order valence-corrected chi connectivity index (χ2v) is 6.50. The Kier molecular flexibility index (Phi) is 5.17. The highest BCUT2D eigenvalue weighted by Crippen LogP contribution is 2.25. The molecule has 0 aliphatic carbocycles. The average Bonchev–Trinajstić information content (AvgIpc) is 3.03. The summed E-state index contributed by atoms with van der Waals surface area (Å²) in [6.07, 6.45) is 0. The standard InChI is InChI=1S/C17H14ClN3O2S/c1-11(22)19-14-6-8-15(9-7-14)24-10-16-20-17(21-23-16)12-2-4-13(18)5-3-12/h2-9H,10H2,1H3,(H,19,22). The van der Waals surface area contributed by atoms with E-state index in [2.05, 4.69) is 15.5 Å². The van der Waals surface area contributed by atoms with Gasteiger partial charge in [0.1, 0.15) is 0 Å². The largest absolute Gasteiger partial charge is 0.338 e. The van der Waals surface area contributed by atoms with Crippen LogP contribution in [0.15, 0.2) is 57.9 Å². The van der Waals surface area contributed by atoms with E-state index in [-0.39, 0.29) is 5.91 Å². The molecular weight excluding hydrogens is 346 g/mol. The predicted octanol–water partition coefficient (Wildman–Crippen LogP) is 4.64. The summed E-state index contributed by atoms with van der Waals surface area (Å²) in [4.78, 5) is 16.4. The van der Waals surface area contributed by atoms with Crippen molar-refractivity contribution in [2.24, 2.45) is 0 Å². The lowest BCUT2D eigenvalue weighted by Crippen LogP contribution is -2.05. The van der Waals surface area contributed by atoms with Crippen LogP contribution >= 0.6 is 23.4 Å². The Morgan fingerprint density at radius 3 is 2.54 bits per heavy atom. The summed E-state index contributed by atoms with van der Waals surface area (Å²) in [6, 6.07) is 14.9. The number of benzene rings is 2. The highest BCUT2D eigenvalue weighted by molar-refractivity contribution is 7.98. The molecule has 3 aromatic rings. The van der Waals surface area contributed by atoms with Gasteiger partial charge in [-0.15, -0.1) is 11.8 Å². The van der Waals surface area contributed by atoms with E-state index in [4.69, 9.17) is 16.1 Å². The van der Waals surface area contributed by atoms with Gasteiger partial charge in [-0.3, -0.25) is 4.79 Å². The van der Waals surface area contributed by atoms with Gasteiger partial charge in [-0.2, -0.15) is 4.98 Å². The van der Waals surface area contributed by atoms with Crippen molar-refractivity contribution in [2.75, 3.05) is 5.32 Å². The number of amides is 1. The zero-order chi connectivity index (χ0) is 16.9. The molecule has 0 saturated carbocycles. The van der Waals surface area contributed by atoms with Crippen LogP contribution in [0.25, 0.3) is 11.4 Å². The van der Waals surface area contributed by atoms with E-state index in [1.54, 1.807) is 23.9 Å². The molecule has 0 radical (unpaired) electrons. The highest BCUT2D eigenvalue weighted by atomic mass is 35.5. The molecule has 0 saturated heterocycles. The Hall–Kier alpha value is -2.31. The first kappa shape index (κ1) is 16.5. The van der Waals surface area contributed by atoms with Crippen molar-refractivity contribution >= 4 is 35.0 Å². The molecule has 122 valence electrons. The Morgan fingerprint density at radius 1 is 1.17 bits per heavy atom. The van der Waals surface area contributed by atoms with Crippen molar-refractivity contribution in [3.63, 3.8) is 0 Å². The molecule has 1 amide bonds. The van der Waals surface area contributed by atoms with Gasteiger partial charge in [0.15, 0.2) is 0 Å². The SMILES string of the molecule is CC(=O)Nc1ccc(SCc2nc(-c3ccc(Cl)cc3)no2)cc1. The quantitative estimate of drug-likeness (QED) is 0.672. The number of hydrogen-bond acceptors (Lipinski definition) is 5. The second kappa shape index (κ2) is 7.51. The molecule has 0 fully saturated rings. The summed E-state index contributed by atoms with van der Waals surface area (Å²) < 4.78 is 5.28. The van der Waals surface area contributed by atoms with Crippen LogP contribution in [-0.2, 0) is 10.5 Å². The molecule has 3 rings (SSSR count). The molecule has 24 heavy (non-hydrogen) atoms. The van der Waals surface area contributed by atoms with Crippen LogP contribution in [-0.4, -0.2) is 16.0 Å². The Morgan fingerprint density at radius 2 is 1.88 bits per heavy atom. The van der Waals surface area contributed by atoms with Gasteiger partial charge in [0, 0.05) is 28.1 Å². The third kappa shape index (κ3) is 4.37. The number of halogens is 1. The van der Waals surface area contributed by atoms with Gasteiger partial charge in [0.2, 0.25) is 17.6 Å². The molecule has 0 atom stereocenters. The molecule has 1 aromatic heterocycles. The number of aromatic nitrogens is 2. The van der Waals surface area contributed by atoms with E-state index in [9.17, 15) is 4.79 Å². The van der Waals surface area contributed by atoms with Crippen LogP contribution in [0, 0.1) is 0 Å². The number of carbonyl (C=O) groups excluding carboxylic acids is 1. The first-order valence-electron chi connectivity index (χ1n) is 7.19. The van der Waals surface area contributed by atoms with Crippen molar-refractivity contribution in [1.82, 2.24) is 10.1 Å².